The van der Waals surface area contributed by atoms with Crippen LogP contribution in [0.15, 0.2) is 72.8 Å². The Labute approximate surface area is 258 Å². The zero-order valence-electron chi connectivity index (χ0n) is 25.2. The first-order valence-electron chi connectivity index (χ1n) is 14.6. The maximum atomic E-state index is 13.4. The molecule has 0 aliphatic rings. The minimum Gasteiger partial charge on any atom is -0.508 e. The third-order valence-corrected chi connectivity index (χ3v) is 7.63. The molecule has 0 unspecified atom stereocenters. The molecule has 0 bridgehead atoms. The van der Waals surface area contributed by atoms with E-state index in [1.807, 2.05) is 24.3 Å². The van der Waals surface area contributed by atoms with E-state index in [1.54, 1.807) is 62.4 Å². The second-order valence-electron chi connectivity index (χ2n) is 10.8. The number of aromatic hydroxyl groups is 1. The fourth-order valence-corrected chi connectivity index (χ4v) is 4.86. The summed E-state index contributed by atoms with van der Waals surface area (Å²) in [5.41, 5.74) is 2.78. The molecule has 3 rings (SSSR count). The van der Waals surface area contributed by atoms with Crippen LogP contribution in [-0.2, 0) is 22.5 Å². The molecule has 9 nitrogen and oxygen atoms in total. The zero-order chi connectivity index (χ0) is 31.4. The lowest BCUT2D eigenvalue weighted by molar-refractivity contribution is -0.936. The molecule has 0 fully saturated rings. The highest BCUT2D eigenvalue weighted by Crippen LogP contribution is 2.17. The number of hydrogen-bond acceptors (Lipinski definition) is 5. The number of hydrogen-bond donors (Lipinski definition) is 4. The number of carbonyl (C=O) groups is 3. The molecular formula is C33H42ClN4O5+. The van der Waals surface area contributed by atoms with E-state index < -0.39 is 18.0 Å². The van der Waals surface area contributed by atoms with Crippen LogP contribution in [0.1, 0.15) is 49.2 Å². The van der Waals surface area contributed by atoms with Crippen molar-refractivity contribution in [3.05, 3.63) is 94.5 Å². The van der Waals surface area contributed by atoms with Crippen LogP contribution in [0.4, 0.5) is 10.5 Å². The van der Waals surface area contributed by atoms with Crippen LogP contribution >= 0.6 is 11.6 Å². The first kappa shape index (κ1) is 33.4. The molecule has 0 aromatic heterocycles. The zero-order valence-corrected chi connectivity index (χ0v) is 26.0. The molecule has 1 atom stereocenters. The van der Waals surface area contributed by atoms with Gasteiger partial charge in [-0.15, -0.1) is 0 Å². The van der Waals surface area contributed by atoms with Gasteiger partial charge in [0, 0.05) is 22.7 Å². The SMILES string of the molecule is CC[N+](CC)(CCNC(=O)[C@H](Cc1ccc(O)cc1)NC(=O)Nc1ccc(C(=O)OC(C)C)cc1)Cc1ccc(Cl)cc1. The number of phenolic OH excluding ortho intramolecular Hbond substituents is 1. The number of nitrogens with one attached hydrogen (secondary N) is 3. The normalized spacial score (nSPS) is 12.0. The molecule has 3 aromatic rings. The lowest BCUT2D eigenvalue weighted by Crippen LogP contribution is -2.54. The minimum absolute atomic E-state index is 0.116. The number of anilines is 1. The Balaban J connectivity index is 1.65. The molecule has 0 heterocycles. The van der Waals surface area contributed by atoms with Crippen LogP contribution < -0.4 is 16.0 Å². The Morgan fingerprint density at radius 1 is 0.884 bits per heavy atom. The van der Waals surface area contributed by atoms with Gasteiger partial charge in [0.15, 0.2) is 0 Å². The molecular weight excluding hydrogens is 568 g/mol. The van der Waals surface area contributed by atoms with Crippen LogP contribution in [0.3, 0.4) is 0 Å². The predicted octanol–water partition coefficient (Wildman–Crippen LogP) is 5.52. The third-order valence-electron chi connectivity index (χ3n) is 7.38. The van der Waals surface area contributed by atoms with Crippen molar-refractivity contribution in [2.45, 2.75) is 52.8 Å². The van der Waals surface area contributed by atoms with Crippen LogP contribution in [0.5, 0.6) is 5.75 Å². The van der Waals surface area contributed by atoms with Gasteiger partial charge in [-0.25, -0.2) is 9.59 Å². The van der Waals surface area contributed by atoms with Gasteiger partial charge in [0.05, 0.1) is 37.8 Å². The number of rotatable bonds is 14. The van der Waals surface area contributed by atoms with E-state index >= 15 is 0 Å². The second kappa shape index (κ2) is 16.0. The summed E-state index contributed by atoms with van der Waals surface area (Å²) in [6.45, 7) is 11.6. The van der Waals surface area contributed by atoms with E-state index in [4.69, 9.17) is 16.3 Å². The Morgan fingerprint density at radius 3 is 2.07 bits per heavy atom. The first-order chi connectivity index (χ1) is 20.5. The monoisotopic (exact) mass is 609 g/mol. The summed E-state index contributed by atoms with van der Waals surface area (Å²) in [4.78, 5) is 38.4. The predicted molar refractivity (Wildman–Crippen MR) is 169 cm³/mol. The van der Waals surface area contributed by atoms with Crippen LogP contribution in [0.25, 0.3) is 0 Å². The topological polar surface area (TPSA) is 117 Å². The fourth-order valence-electron chi connectivity index (χ4n) is 4.73. The van der Waals surface area contributed by atoms with Gasteiger partial charge in [0.25, 0.3) is 0 Å². The highest BCUT2D eigenvalue weighted by molar-refractivity contribution is 6.30. The van der Waals surface area contributed by atoms with Gasteiger partial charge in [-0.05, 0) is 81.8 Å². The lowest BCUT2D eigenvalue weighted by Gasteiger charge is -2.37. The van der Waals surface area contributed by atoms with Gasteiger partial charge in [-0.1, -0.05) is 35.9 Å². The number of benzene rings is 3. The molecule has 3 aromatic carbocycles. The fraction of sp³-hybridized carbons (Fsp3) is 0.364. The largest absolute Gasteiger partial charge is 0.508 e. The van der Waals surface area contributed by atoms with Crippen LogP contribution in [0.2, 0.25) is 5.02 Å². The van der Waals surface area contributed by atoms with Gasteiger partial charge in [0.2, 0.25) is 5.91 Å². The smallest absolute Gasteiger partial charge is 0.338 e. The standard InChI is InChI=1S/C33H41ClN4O5/c1-5-38(6-2,22-25-7-13-27(34)14-8-25)20-19-35-31(40)30(21-24-9-17-29(39)18-10-24)37-33(42)36-28-15-11-26(12-16-28)32(41)43-23(3)4/h7-18,23,30H,5-6,19-22H2,1-4H3,(H3-,35,36,37,39,40,41,42)/p+1/t30-/m0/s1. The van der Waals surface area contributed by atoms with Gasteiger partial charge < -0.3 is 30.3 Å². The highest BCUT2D eigenvalue weighted by Gasteiger charge is 2.26. The van der Waals surface area contributed by atoms with E-state index in [9.17, 15) is 19.5 Å². The molecule has 43 heavy (non-hydrogen) atoms. The van der Waals surface area contributed by atoms with Crippen LogP contribution in [-0.4, -0.2) is 65.8 Å². The molecule has 0 aliphatic carbocycles. The van der Waals surface area contributed by atoms with E-state index in [1.165, 1.54) is 5.56 Å². The second-order valence-corrected chi connectivity index (χ2v) is 11.3. The van der Waals surface area contributed by atoms with E-state index in [0.29, 0.717) is 29.4 Å². The van der Waals surface area contributed by atoms with E-state index in [2.05, 4.69) is 29.8 Å². The number of esters is 1. The number of urea groups is 1. The number of carbonyl (C=O) groups excluding carboxylic acids is 3. The summed E-state index contributed by atoms with van der Waals surface area (Å²) in [5.74, 6) is -0.643. The molecule has 0 spiro atoms. The van der Waals surface area contributed by atoms with Crippen molar-refractivity contribution in [3.63, 3.8) is 0 Å². The minimum atomic E-state index is -0.869. The molecule has 230 valence electrons. The number of nitrogens with zero attached hydrogens (tertiary/aromatic N) is 1. The van der Waals surface area contributed by atoms with E-state index in [0.717, 1.165) is 29.7 Å². The van der Waals surface area contributed by atoms with Crippen molar-refractivity contribution in [3.8, 4) is 5.75 Å². The molecule has 0 aliphatic heterocycles. The van der Waals surface area contributed by atoms with Crippen molar-refractivity contribution in [2.75, 3.05) is 31.5 Å². The lowest BCUT2D eigenvalue weighted by atomic mass is 10.0. The molecule has 4 N–H and O–H groups in total. The summed E-state index contributed by atoms with van der Waals surface area (Å²) in [6.07, 6.45) is -0.0122. The van der Waals surface area contributed by atoms with Gasteiger partial charge in [-0.2, -0.15) is 0 Å². The first-order valence-corrected chi connectivity index (χ1v) is 14.9. The average molecular weight is 610 g/mol. The number of phenols is 1. The van der Waals surface area contributed by atoms with Crippen molar-refractivity contribution in [1.82, 2.24) is 10.6 Å². The number of quaternary nitrogens is 1. The molecule has 0 radical (unpaired) electrons. The van der Waals surface area contributed by atoms with E-state index in [-0.39, 0.29) is 24.2 Å². The van der Waals surface area contributed by atoms with Gasteiger partial charge in [-0.3, -0.25) is 4.79 Å². The van der Waals surface area contributed by atoms with Crippen molar-refractivity contribution in [1.29, 1.82) is 0 Å². The summed E-state index contributed by atoms with van der Waals surface area (Å²) in [7, 11) is 0. The molecule has 10 heteroatoms. The summed E-state index contributed by atoms with van der Waals surface area (Å²) in [5, 5.41) is 18.9. The Morgan fingerprint density at radius 2 is 1.49 bits per heavy atom. The molecule has 3 amide bonds. The quantitative estimate of drug-likeness (QED) is 0.142. The molecule has 0 saturated carbocycles. The highest BCUT2D eigenvalue weighted by atomic mass is 35.5. The number of ether oxygens (including phenoxy) is 1. The number of amides is 3. The van der Waals surface area contributed by atoms with Crippen molar-refractivity contribution >= 4 is 35.2 Å². The van der Waals surface area contributed by atoms with Gasteiger partial charge >= 0.3 is 12.0 Å². The Bertz CT molecular complexity index is 1340. The number of halogens is 1. The maximum Gasteiger partial charge on any atom is 0.338 e. The third kappa shape index (κ3) is 10.6. The van der Waals surface area contributed by atoms with Crippen LogP contribution in [0, 0.1) is 0 Å². The van der Waals surface area contributed by atoms with Crippen molar-refractivity contribution in [2.24, 2.45) is 0 Å². The molecule has 0 saturated heterocycles. The average Bonchev–Trinajstić information content (AvgIpc) is 2.98. The summed E-state index contributed by atoms with van der Waals surface area (Å²) < 4.78 is 5.97. The Hall–Kier alpha value is -4.08. The summed E-state index contributed by atoms with van der Waals surface area (Å²) in [6, 6.07) is 19.2. The summed E-state index contributed by atoms with van der Waals surface area (Å²) >= 11 is 6.06. The number of likely N-dealkylation sites (N-methyl/N-ethyl adjacent to an activating group) is 1. The Kier molecular flexibility index (Phi) is 12.4. The van der Waals surface area contributed by atoms with Gasteiger partial charge in [0.1, 0.15) is 18.3 Å². The van der Waals surface area contributed by atoms with Crippen molar-refractivity contribution < 1.29 is 28.7 Å². The maximum absolute atomic E-state index is 13.4.